The number of carbonyl (C=O) groups is 6. The first-order valence-electron chi connectivity index (χ1n) is 25.0. The third-order valence-corrected chi connectivity index (χ3v) is 11.0. The van der Waals surface area contributed by atoms with Gasteiger partial charge in [-0.05, 0) is 138 Å². The van der Waals surface area contributed by atoms with Crippen LogP contribution in [0.2, 0.25) is 0 Å². The Morgan fingerprint density at radius 3 is 0.863 bits per heavy atom. The van der Waals surface area contributed by atoms with E-state index >= 15 is 0 Å². The second-order valence-electron chi connectivity index (χ2n) is 17.2. The molecule has 4 aromatic rings. The molecule has 0 heterocycles. The molecule has 0 saturated heterocycles. The number of Topliss-reactive ketones (excluding diaryl/α,β-unsaturated/α-hetero) is 2. The van der Waals surface area contributed by atoms with Crippen LogP contribution in [0.3, 0.4) is 0 Å². The van der Waals surface area contributed by atoms with Crippen LogP contribution in [0.4, 0.5) is 0 Å². The van der Waals surface area contributed by atoms with E-state index in [1.807, 2.05) is 0 Å². The molecule has 14 nitrogen and oxygen atoms in total. The van der Waals surface area contributed by atoms with Crippen molar-refractivity contribution in [2.45, 2.75) is 144 Å². The molecule has 0 amide bonds. The van der Waals surface area contributed by atoms with Crippen molar-refractivity contribution < 1.29 is 84.5 Å². The molecule has 0 fully saturated rings. The largest absolute Gasteiger partial charge is 0.512 e. The zero-order valence-electron chi connectivity index (χ0n) is 43.1. The van der Waals surface area contributed by atoms with Crippen LogP contribution in [0.15, 0.2) is 120 Å². The number of unbranched alkanes of at least 4 members (excludes halogenated alkanes) is 14. The SMILES string of the molecule is CCCCCCCCCCOc1ccc(C(=O)Oc2ccc(OC(=O)/C(C(C)=O)=C(\C)O)cc2)cc1.CCCCCCCCCCOc1ccc(C(=O)Oc2ccc(OC(=O)/C(C(C)=O)=C(\C)O)cc2)cc1.[Cu]. The minimum Gasteiger partial charge on any atom is -0.512 e. The van der Waals surface area contributed by atoms with Gasteiger partial charge in [0.1, 0.15) is 57.2 Å². The quantitative estimate of drug-likeness (QED) is 0.00730. The molecule has 4 aromatic carbocycles. The van der Waals surface area contributed by atoms with Crippen LogP contribution >= 0.6 is 0 Å². The number of benzene rings is 4. The summed E-state index contributed by atoms with van der Waals surface area (Å²) in [6.45, 7) is 10.5. The number of rotatable bonds is 30. The van der Waals surface area contributed by atoms with Gasteiger partial charge in [0.2, 0.25) is 0 Å². The van der Waals surface area contributed by atoms with E-state index in [2.05, 4.69) is 13.8 Å². The number of hydrogen-bond donors (Lipinski definition) is 2. The van der Waals surface area contributed by atoms with Crippen molar-refractivity contribution in [2.24, 2.45) is 0 Å². The first-order chi connectivity index (χ1) is 34.6. The third-order valence-electron chi connectivity index (χ3n) is 11.0. The van der Waals surface area contributed by atoms with E-state index in [1.54, 1.807) is 48.5 Å². The first-order valence-corrected chi connectivity index (χ1v) is 25.0. The minimum atomic E-state index is -0.961. The topological polar surface area (TPSA) is 198 Å². The fraction of sp³-hybridized carbons (Fsp3) is 0.414. The summed E-state index contributed by atoms with van der Waals surface area (Å²) >= 11 is 0. The molecule has 0 spiro atoms. The van der Waals surface area contributed by atoms with Crippen LogP contribution in [0.1, 0.15) is 165 Å². The molecule has 0 saturated carbocycles. The minimum absolute atomic E-state index is 0. The van der Waals surface area contributed by atoms with Crippen molar-refractivity contribution in [1.29, 1.82) is 0 Å². The summed E-state index contributed by atoms with van der Waals surface area (Å²) in [5, 5.41) is 19.0. The van der Waals surface area contributed by atoms with Crippen molar-refractivity contribution in [3.63, 3.8) is 0 Å². The molecule has 4 rings (SSSR count). The number of hydrogen-bond acceptors (Lipinski definition) is 14. The predicted octanol–water partition coefficient (Wildman–Crippen LogP) is 13.5. The van der Waals surface area contributed by atoms with Gasteiger partial charge in [0.25, 0.3) is 0 Å². The van der Waals surface area contributed by atoms with Crippen LogP contribution < -0.4 is 28.4 Å². The Kier molecular flexibility index (Phi) is 30.3. The molecule has 15 heteroatoms. The standard InChI is InChI=1S/2C29H36O7.Cu/c2*1-4-5-6-7-8-9-10-11-20-34-24-14-12-23(13-15-24)28(32)35-25-16-18-26(19-17-25)36-29(33)27(21(2)30)22(3)31;/h2*12-19,30H,4-11,20H2,1-3H3;/b2*27-21+;. The zero-order chi connectivity index (χ0) is 52.7. The number of allylic oxidation sites excluding steroid dienone is 2. The maximum Gasteiger partial charge on any atom is 0.350 e. The van der Waals surface area contributed by atoms with Gasteiger partial charge < -0.3 is 38.6 Å². The van der Waals surface area contributed by atoms with Crippen molar-refractivity contribution >= 4 is 35.4 Å². The Morgan fingerprint density at radius 2 is 0.603 bits per heavy atom. The van der Waals surface area contributed by atoms with E-state index in [-0.39, 0.29) is 40.1 Å². The Hall–Kier alpha value is -6.70. The second kappa shape index (κ2) is 35.4. The van der Waals surface area contributed by atoms with Crippen molar-refractivity contribution in [2.75, 3.05) is 13.2 Å². The number of esters is 4. The normalized spacial score (nSPS) is 11.3. The van der Waals surface area contributed by atoms with Gasteiger partial charge in [0.05, 0.1) is 24.3 Å². The van der Waals surface area contributed by atoms with E-state index in [0.717, 1.165) is 39.5 Å². The number of aliphatic hydroxyl groups excluding tert-OH is 2. The molecular formula is C58H72CuO14. The summed E-state index contributed by atoms with van der Waals surface area (Å²) < 4.78 is 32.4. The number of ketones is 2. The Labute approximate surface area is 440 Å². The monoisotopic (exact) mass is 1060 g/mol. The summed E-state index contributed by atoms with van der Waals surface area (Å²) in [7, 11) is 0. The van der Waals surface area contributed by atoms with Crippen LogP contribution in [-0.2, 0) is 36.2 Å². The van der Waals surface area contributed by atoms with Gasteiger partial charge in [-0.1, -0.05) is 104 Å². The van der Waals surface area contributed by atoms with Gasteiger partial charge in [-0.15, -0.1) is 0 Å². The summed E-state index contributed by atoms with van der Waals surface area (Å²) in [6, 6.07) is 25.1. The third kappa shape index (κ3) is 24.5. The average molecular weight is 1060 g/mol. The maximum atomic E-state index is 12.4. The second-order valence-corrected chi connectivity index (χ2v) is 17.2. The number of carbonyl (C=O) groups excluding carboxylic acids is 6. The smallest absolute Gasteiger partial charge is 0.350 e. The fourth-order valence-electron chi connectivity index (χ4n) is 7.12. The molecule has 0 aliphatic heterocycles. The van der Waals surface area contributed by atoms with Crippen molar-refractivity contribution in [3.8, 4) is 34.5 Å². The van der Waals surface area contributed by atoms with Crippen molar-refractivity contribution in [3.05, 3.63) is 131 Å². The molecule has 0 aromatic heterocycles. The molecular weight excluding hydrogens is 984 g/mol. The zero-order valence-corrected chi connectivity index (χ0v) is 44.0. The predicted molar refractivity (Wildman–Crippen MR) is 275 cm³/mol. The van der Waals surface area contributed by atoms with E-state index in [0.29, 0.717) is 35.8 Å². The van der Waals surface area contributed by atoms with Gasteiger partial charge in [-0.2, -0.15) is 0 Å². The summed E-state index contributed by atoms with van der Waals surface area (Å²) in [5.74, 6) is -2.82. The van der Waals surface area contributed by atoms with Gasteiger partial charge in [-0.25, -0.2) is 19.2 Å². The van der Waals surface area contributed by atoms with Crippen LogP contribution in [0.5, 0.6) is 34.5 Å². The van der Waals surface area contributed by atoms with Crippen LogP contribution in [0, 0.1) is 0 Å². The van der Waals surface area contributed by atoms with Gasteiger partial charge >= 0.3 is 23.9 Å². The Bertz CT molecular complexity index is 2210. The average Bonchev–Trinajstić information content (AvgIpc) is 3.34. The molecule has 73 heavy (non-hydrogen) atoms. The Balaban J connectivity index is 0.000000493. The first kappa shape index (κ1) is 62.4. The molecule has 0 aliphatic carbocycles. The number of ether oxygens (including phenoxy) is 6. The van der Waals surface area contributed by atoms with Gasteiger partial charge in [0, 0.05) is 17.1 Å². The molecule has 2 N–H and O–H groups in total. The molecule has 0 unspecified atom stereocenters. The van der Waals surface area contributed by atoms with E-state index in [1.165, 1.54) is 139 Å². The van der Waals surface area contributed by atoms with Gasteiger partial charge in [0.15, 0.2) is 11.6 Å². The maximum absolute atomic E-state index is 12.4. The van der Waals surface area contributed by atoms with Gasteiger partial charge in [-0.3, -0.25) is 9.59 Å². The molecule has 1 radical (unpaired) electrons. The number of aliphatic hydroxyl groups is 2. The molecule has 0 aliphatic rings. The molecule has 399 valence electrons. The Morgan fingerprint density at radius 1 is 0.356 bits per heavy atom. The fourth-order valence-corrected chi connectivity index (χ4v) is 7.12. The van der Waals surface area contributed by atoms with Crippen molar-refractivity contribution in [1.82, 2.24) is 0 Å². The molecule has 0 bridgehead atoms. The summed E-state index contributed by atoms with van der Waals surface area (Å²) in [5.41, 5.74) is -0.0920. The van der Waals surface area contributed by atoms with E-state index < -0.39 is 58.1 Å². The van der Waals surface area contributed by atoms with E-state index in [9.17, 15) is 39.0 Å². The summed E-state index contributed by atoms with van der Waals surface area (Å²) in [6.07, 6.45) is 19.8. The van der Waals surface area contributed by atoms with Crippen LogP contribution in [-0.4, -0.2) is 58.9 Å². The van der Waals surface area contributed by atoms with E-state index in [4.69, 9.17) is 28.4 Å². The summed E-state index contributed by atoms with van der Waals surface area (Å²) in [4.78, 5) is 72.0. The molecule has 0 atom stereocenters. The van der Waals surface area contributed by atoms with Crippen LogP contribution in [0.25, 0.3) is 0 Å².